The van der Waals surface area contributed by atoms with Gasteiger partial charge in [0.05, 0.1) is 18.8 Å². The minimum atomic E-state index is -0.826. The molecule has 0 radical (unpaired) electrons. The molecule has 3 N–H and O–H groups in total. The van der Waals surface area contributed by atoms with Gasteiger partial charge in [-0.15, -0.1) is 0 Å². The van der Waals surface area contributed by atoms with Crippen molar-refractivity contribution in [2.45, 2.75) is 38.1 Å². The lowest BCUT2D eigenvalue weighted by Gasteiger charge is -2.29. The van der Waals surface area contributed by atoms with Crippen molar-refractivity contribution in [1.29, 1.82) is 0 Å². The van der Waals surface area contributed by atoms with Gasteiger partial charge in [0.25, 0.3) is 0 Å². The van der Waals surface area contributed by atoms with Crippen molar-refractivity contribution in [3.8, 4) is 0 Å². The monoisotopic (exact) mass is 227 g/mol. The largest absolute Gasteiger partial charge is 0.394 e. The molecule has 0 aromatic carbocycles. The molecular formula is C12H21NO3. The Bertz CT molecular complexity index is 263. The van der Waals surface area contributed by atoms with Crippen LogP contribution in [-0.4, -0.2) is 34.9 Å². The van der Waals surface area contributed by atoms with Crippen molar-refractivity contribution in [1.82, 2.24) is 5.32 Å². The highest BCUT2D eigenvalue weighted by Gasteiger charge is 2.52. The van der Waals surface area contributed by atoms with Crippen LogP contribution >= 0.6 is 0 Å². The molecule has 4 heteroatoms. The smallest absolute Gasteiger partial charge is 0.224 e. The van der Waals surface area contributed by atoms with E-state index in [2.05, 4.69) is 5.32 Å². The number of carbonyl (C=O) groups is 1. The van der Waals surface area contributed by atoms with E-state index in [9.17, 15) is 15.0 Å². The van der Waals surface area contributed by atoms with E-state index in [0.717, 1.165) is 12.3 Å². The number of carbonyl (C=O) groups excluding carboxylic acids is 1. The fourth-order valence-electron chi connectivity index (χ4n) is 2.36. The number of amides is 1. The normalized spacial score (nSPS) is 28.9. The van der Waals surface area contributed by atoms with Crippen LogP contribution in [0.5, 0.6) is 0 Å². The Kier molecular flexibility index (Phi) is 3.22. The first-order valence-corrected chi connectivity index (χ1v) is 6.19. The van der Waals surface area contributed by atoms with Gasteiger partial charge >= 0.3 is 0 Å². The fourth-order valence-corrected chi connectivity index (χ4v) is 2.36. The van der Waals surface area contributed by atoms with Gasteiger partial charge in [0.15, 0.2) is 0 Å². The van der Waals surface area contributed by atoms with Crippen molar-refractivity contribution in [2.24, 2.45) is 17.8 Å². The molecule has 0 spiro atoms. The maximum Gasteiger partial charge on any atom is 0.224 e. The summed E-state index contributed by atoms with van der Waals surface area (Å²) >= 11 is 0. The summed E-state index contributed by atoms with van der Waals surface area (Å²) in [7, 11) is 0. The zero-order valence-electron chi connectivity index (χ0n) is 9.78. The highest BCUT2D eigenvalue weighted by molar-refractivity contribution is 5.82. The van der Waals surface area contributed by atoms with Crippen LogP contribution in [0.2, 0.25) is 0 Å². The van der Waals surface area contributed by atoms with Crippen LogP contribution in [0.4, 0.5) is 0 Å². The van der Waals surface area contributed by atoms with Crippen molar-refractivity contribution in [2.75, 3.05) is 13.2 Å². The maximum absolute atomic E-state index is 11.9. The van der Waals surface area contributed by atoms with Crippen LogP contribution in [0.3, 0.4) is 0 Å². The number of aliphatic hydroxyl groups is 2. The lowest BCUT2D eigenvalue weighted by atomic mass is 9.98. The second kappa shape index (κ2) is 4.34. The van der Waals surface area contributed by atoms with Gasteiger partial charge in [-0.2, -0.15) is 0 Å². The summed E-state index contributed by atoms with van der Waals surface area (Å²) in [5.41, 5.74) is -0.826. The van der Waals surface area contributed by atoms with Gasteiger partial charge in [-0.25, -0.2) is 0 Å². The highest BCUT2D eigenvalue weighted by Crippen LogP contribution is 2.54. The predicted molar refractivity (Wildman–Crippen MR) is 59.7 cm³/mol. The molecule has 0 bridgehead atoms. The van der Waals surface area contributed by atoms with Crippen LogP contribution in [0, 0.1) is 17.8 Å². The van der Waals surface area contributed by atoms with E-state index in [0.29, 0.717) is 12.3 Å². The van der Waals surface area contributed by atoms with Gasteiger partial charge in [0.1, 0.15) is 0 Å². The minimum Gasteiger partial charge on any atom is -0.394 e. The Balaban J connectivity index is 1.86. The SMILES string of the molecule is CCC(CO)(CO)NC(=O)[C@H]1C[C@@H]1C1CC1. The molecular weight excluding hydrogens is 206 g/mol. The van der Waals surface area contributed by atoms with Crippen molar-refractivity contribution in [3.63, 3.8) is 0 Å². The van der Waals surface area contributed by atoms with Crippen molar-refractivity contribution in [3.05, 3.63) is 0 Å². The molecule has 2 aliphatic rings. The summed E-state index contributed by atoms with van der Waals surface area (Å²) in [6.07, 6.45) is 4.08. The molecule has 16 heavy (non-hydrogen) atoms. The average molecular weight is 227 g/mol. The molecule has 1 amide bonds. The molecule has 2 rings (SSSR count). The molecule has 2 atom stereocenters. The third kappa shape index (κ3) is 2.23. The number of aliphatic hydroxyl groups excluding tert-OH is 2. The summed E-state index contributed by atoms with van der Waals surface area (Å²) in [4.78, 5) is 11.9. The van der Waals surface area contributed by atoms with E-state index in [-0.39, 0.29) is 25.0 Å². The van der Waals surface area contributed by atoms with Gasteiger partial charge in [0, 0.05) is 5.92 Å². The molecule has 2 aliphatic carbocycles. The second-order valence-electron chi connectivity index (χ2n) is 5.28. The number of rotatable bonds is 6. The van der Waals surface area contributed by atoms with E-state index in [1.807, 2.05) is 6.92 Å². The third-order valence-electron chi connectivity index (χ3n) is 4.07. The zero-order chi connectivity index (χ0) is 11.8. The first kappa shape index (κ1) is 11.9. The van der Waals surface area contributed by atoms with Crippen molar-refractivity contribution < 1.29 is 15.0 Å². The highest BCUT2D eigenvalue weighted by atomic mass is 16.3. The number of nitrogens with one attached hydrogen (secondary N) is 1. The van der Waals surface area contributed by atoms with Crippen molar-refractivity contribution >= 4 is 5.91 Å². The summed E-state index contributed by atoms with van der Waals surface area (Å²) < 4.78 is 0. The zero-order valence-corrected chi connectivity index (χ0v) is 9.78. The van der Waals surface area contributed by atoms with Crippen LogP contribution in [-0.2, 0) is 4.79 Å². The maximum atomic E-state index is 11.9. The van der Waals surface area contributed by atoms with Gasteiger partial charge in [-0.1, -0.05) is 6.92 Å². The quantitative estimate of drug-likeness (QED) is 0.610. The standard InChI is InChI=1S/C12H21NO3/c1-2-12(6-14,7-15)13-11(16)10-5-9(10)8-3-4-8/h8-10,14-15H,2-7H2,1H3,(H,13,16)/t9-,10+/m1/s1. The topological polar surface area (TPSA) is 69.6 Å². The Morgan fingerprint density at radius 1 is 1.38 bits per heavy atom. The Hall–Kier alpha value is -0.610. The summed E-state index contributed by atoms with van der Waals surface area (Å²) in [6.45, 7) is 1.46. The molecule has 0 saturated heterocycles. The van der Waals surface area contributed by atoms with Gasteiger partial charge < -0.3 is 15.5 Å². The van der Waals surface area contributed by atoms with Crippen LogP contribution in [0.15, 0.2) is 0 Å². The lowest BCUT2D eigenvalue weighted by molar-refractivity contribution is -0.126. The molecule has 0 heterocycles. The Labute approximate surface area is 96.0 Å². The van der Waals surface area contributed by atoms with Crippen LogP contribution < -0.4 is 5.32 Å². The number of hydrogen-bond donors (Lipinski definition) is 3. The van der Waals surface area contributed by atoms with E-state index < -0.39 is 5.54 Å². The van der Waals surface area contributed by atoms with E-state index in [1.54, 1.807) is 0 Å². The van der Waals surface area contributed by atoms with Crippen LogP contribution in [0.1, 0.15) is 32.6 Å². The Morgan fingerprint density at radius 2 is 2.00 bits per heavy atom. The second-order valence-corrected chi connectivity index (χ2v) is 5.28. The molecule has 4 nitrogen and oxygen atoms in total. The third-order valence-corrected chi connectivity index (χ3v) is 4.07. The summed E-state index contributed by atoms with van der Waals surface area (Å²) in [5.74, 6) is 1.50. The predicted octanol–water partition coefficient (Wildman–Crippen LogP) is 0.282. The summed E-state index contributed by atoms with van der Waals surface area (Å²) in [6, 6.07) is 0. The number of hydrogen-bond acceptors (Lipinski definition) is 3. The summed E-state index contributed by atoms with van der Waals surface area (Å²) in [5, 5.41) is 21.3. The van der Waals surface area contributed by atoms with Gasteiger partial charge in [-0.05, 0) is 37.5 Å². The van der Waals surface area contributed by atoms with E-state index in [4.69, 9.17) is 0 Å². The average Bonchev–Trinajstić information content (AvgIpc) is 3.17. The molecule has 0 aliphatic heterocycles. The first-order chi connectivity index (χ1) is 7.65. The molecule has 92 valence electrons. The van der Waals surface area contributed by atoms with Gasteiger partial charge in [0.2, 0.25) is 5.91 Å². The first-order valence-electron chi connectivity index (χ1n) is 6.19. The fraction of sp³-hybridized carbons (Fsp3) is 0.917. The molecule has 0 aromatic heterocycles. The van der Waals surface area contributed by atoms with Gasteiger partial charge in [-0.3, -0.25) is 4.79 Å². The van der Waals surface area contributed by atoms with Crippen LogP contribution in [0.25, 0.3) is 0 Å². The van der Waals surface area contributed by atoms with E-state index in [1.165, 1.54) is 12.8 Å². The molecule has 2 fully saturated rings. The molecule has 0 aromatic rings. The molecule has 0 unspecified atom stereocenters. The Morgan fingerprint density at radius 3 is 2.44 bits per heavy atom. The lowest BCUT2D eigenvalue weighted by Crippen LogP contribution is -2.54. The molecule has 2 saturated carbocycles. The van der Waals surface area contributed by atoms with E-state index >= 15 is 0 Å². The minimum absolute atomic E-state index is 0.0156.